The molecule has 3 N–H and O–H groups in total. The zero-order valence-electron chi connectivity index (χ0n) is 15.9. The molecule has 0 unspecified atom stereocenters. The van der Waals surface area contributed by atoms with Crippen molar-refractivity contribution >= 4 is 39.0 Å². The van der Waals surface area contributed by atoms with Crippen LogP contribution in [0.4, 0.5) is 11.4 Å². The molecule has 3 aromatic rings. The van der Waals surface area contributed by atoms with Crippen molar-refractivity contribution < 1.29 is 37.6 Å². The normalized spacial score (nSPS) is 13.2. The van der Waals surface area contributed by atoms with E-state index in [1.165, 1.54) is 30.3 Å². The molecule has 32 heavy (non-hydrogen) atoms. The van der Waals surface area contributed by atoms with Crippen LogP contribution in [-0.4, -0.2) is 40.7 Å². The number of carboxylic acids is 1. The van der Waals surface area contributed by atoms with Gasteiger partial charge >= 0.3 is 5.97 Å². The highest BCUT2D eigenvalue weighted by Crippen LogP contribution is 2.39. The van der Waals surface area contributed by atoms with Gasteiger partial charge < -0.3 is 10.2 Å². The number of ketones is 2. The number of carbonyl (C=O) groups excluding carboxylic acids is 2. The molecule has 0 amide bonds. The first-order valence-electron chi connectivity index (χ1n) is 8.91. The lowest BCUT2D eigenvalue weighted by Crippen LogP contribution is -2.21. The van der Waals surface area contributed by atoms with Crippen molar-refractivity contribution in [2.75, 3.05) is 0 Å². The van der Waals surface area contributed by atoms with Crippen LogP contribution in [0.5, 0.6) is 5.75 Å². The lowest BCUT2D eigenvalue weighted by Gasteiger charge is -2.19. The minimum atomic E-state index is -4.90. The average Bonchev–Trinajstić information content (AvgIpc) is 2.75. The van der Waals surface area contributed by atoms with Gasteiger partial charge in [-0.15, -0.1) is 10.2 Å². The summed E-state index contributed by atoms with van der Waals surface area (Å²) in [5.74, 6) is -3.44. The van der Waals surface area contributed by atoms with Gasteiger partial charge in [0.15, 0.2) is 17.3 Å². The van der Waals surface area contributed by atoms with Crippen LogP contribution in [0.2, 0.25) is 0 Å². The number of phenols is 1. The maximum absolute atomic E-state index is 13.1. The standard InChI is InChI=1S/C21H12N2O8S/c24-18-10-4-1-2-5-11(10)20(26)16-12(18)8-9-15(32(29,30)31)17(16)23-22-14-7-3-6-13(19(14)25)21(27)28/h1-9,25H,(H,27,28)(H,29,30,31)/b23-22+. The van der Waals surface area contributed by atoms with Crippen LogP contribution in [0.3, 0.4) is 0 Å². The van der Waals surface area contributed by atoms with Gasteiger partial charge in [0.1, 0.15) is 21.8 Å². The summed E-state index contributed by atoms with van der Waals surface area (Å²) in [6.07, 6.45) is 0. The second-order valence-corrected chi connectivity index (χ2v) is 8.08. The topological polar surface area (TPSA) is 171 Å². The minimum Gasteiger partial charge on any atom is -0.505 e. The van der Waals surface area contributed by atoms with Crippen molar-refractivity contribution in [3.63, 3.8) is 0 Å². The van der Waals surface area contributed by atoms with Gasteiger partial charge in [-0.2, -0.15) is 8.42 Å². The molecule has 3 aromatic carbocycles. The van der Waals surface area contributed by atoms with E-state index in [0.29, 0.717) is 0 Å². The molecule has 1 aliphatic rings. The second-order valence-electron chi connectivity index (χ2n) is 6.69. The van der Waals surface area contributed by atoms with Gasteiger partial charge in [0, 0.05) is 16.7 Å². The molecule has 11 heteroatoms. The minimum absolute atomic E-state index is 0.0182. The van der Waals surface area contributed by atoms with E-state index in [4.69, 9.17) is 5.11 Å². The van der Waals surface area contributed by atoms with Crippen LogP contribution in [0, 0.1) is 0 Å². The lowest BCUT2D eigenvalue weighted by atomic mass is 9.83. The summed E-state index contributed by atoms with van der Waals surface area (Å²) in [7, 11) is -4.90. The zero-order chi connectivity index (χ0) is 23.2. The summed E-state index contributed by atoms with van der Waals surface area (Å²) in [4.78, 5) is 36.4. The van der Waals surface area contributed by atoms with Crippen molar-refractivity contribution in [3.8, 4) is 5.75 Å². The molecule has 0 saturated heterocycles. The Labute approximate surface area is 180 Å². The fourth-order valence-electron chi connectivity index (χ4n) is 3.35. The maximum atomic E-state index is 13.1. The highest BCUT2D eigenvalue weighted by atomic mass is 32.2. The summed E-state index contributed by atoms with van der Waals surface area (Å²) in [6, 6.07) is 11.5. The molecule has 0 heterocycles. The Morgan fingerprint density at radius 3 is 2.09 bits per heavy atom. The number of aromatic hydroxyl groups is 1. The van der Waals surface area contributed by atoms with E-state index in [-0.39, 0.29) is 27.9 Å². The molecule has 0 aliphatic heterocycles. The molecule has 0 fully saturated rings. The Hall–Kier alpha value is -4.22. The van der Waals surface area contributed by atoms with Gasteiger partial charge in [0.2, 0.25) is 0 Å². The largest absolute Gasteiger partial charge is 0.505 e. The molecule has 4 rings (SSSR count). The number of carboxylic acid groups (broad SMARTS) is 1. The number of benzene rings is 3. The van der Waals surface area contributed by atoms with Crippen LogP contribution < -0.4 is 0 Å². The molecule has 0 atom stereocenters. The number of fused-ring (bicyclic) bond motifs is 2. The third-order valence-corrected chi connectivity index (χ3v) is 5.69. The third kappa shape index (κ3) is 3.35. The maximum Gasteiger partial charge on any atom is 0.339 e. The first-order chi connectivity index (χ1) is 15.1. The molecule has 160 valence electrons. The van der Waals surface area contributed by atoms with Crippen LogP contribution in [0.1, 0.15) is 42.2 Å². The summed E-state index contributed by atoms with van der Waals surface area (Å²) in [5.41, 5.74) is -1.81. The Kier molecular flexibility index (Phi) is 4.92. The van der Waals surface area contributed by atoms with Gasteiger partial charge in [-0.25, -0.2) is 4.79 Å². The molecule has 1 aliphatic carbocycles. The van der Waals surface area contributed by atoms with Crippen LogP contribution in [0.25, 0.3) is 0 Å². The third-order valence-electron chi connectivity index (χ3n) is 4.81. The monoisotopic (exact) mass is 452 g/mol. The number of rotatable bonds is 4. The van der Waals surface area contributed by atoms with Crippen molar-refractivity contribution in [2.45, 2.75) is 4.90 Å². The Bertz CT molecular complexity index is 1480. The number of aromatic carboxylic acids is 1. The average molecular weight is 452 g/mol. The molecular weight excluding hydrogens is 440 g/mol. The van der Waals surface area contributed by atoms with Crippen LogP contribution in [-0.2, 0) is 10.1 Å². The van der Waals surface area contributed by atoms with Crippen LogP contribution >= 0.6 is 0 Å². The molecular formula is C21H12N2O8S. The van der Waals surface area contributed by atoms with Crippen LogP contribution in [0.15, 0.2) is 69.7 Å². The molecule has 0 aromatic heterocycles. The molecule has 0 saturated carbocycles. The Morgan fingerprint density at radius 2 is 1.47 bits per heavy atom. The number of hydrogen-bond donors (Lipinski definition) is 3. The SMILES string of the molecule is O=C(O)c1cccc(/N=N/c2c(S(=O)(=O)O)ccc3c2C(=O)c2ccccc2C3=O)c1O. The molecule has 10 nitrogen and oxygen atoms in total. The summed E-state index contributed by atoms with van der Waals surface area (Å²) in [5, 5.41) is 26.6. The summed E-state index contributed by atoms with van der Waals surface area (Å²) >= 11 is 0. The summed E-state index contributed by atoms with van der Waals surface area (Å²) in [6.45, 7) is 0. The predicted molar refractivity (Wildman–Crippen MR) is 109 cm³/mol. The fourth-order valence-corrected chi connectivity index (χ4v) is 3.97. The van der Waals surface area contributed by atoms with Gasteiger partial charge in [-0.1, -0.05) is 30.3 Å². The number of nitrogens with zero attached hydrogens (tertiary/aromatic N) is 2. The van der Waals surface area contributed by atoms with E-state index >= 15 is 0 Å². The lowest BCUT2D eigenvalue weighted by molar-refractivity contribution is 0.0693. The van der Waals surface area contributed by atoms with E-state index in [1.54, 1.807) is 6.07 Å². The van der Waals surface area contributed by atoms with E-state index in [0.717, 1.165) is 18.2 Å². The number of carbonyl (C=O) groups is 3. The fraction of sp³-hybridized carbons (Fsp3) is 0. The first kappa shape index (κ1) is 21.0. The smallest absolute Gasteiger partial charge is 0.339 e. The van der Waals surface area contributed by atoms with Crippen molar-refractivity contribution in [2.24, 2.45) is 10.2 Å². The number of para-hydroxylation sites is 1. The molecule has 0 bridgehead atoms. The van der Waals surface area contributed by atoms with E-state index in [9.17, 15) is 32.5 Å². The van der Waals surface area contributed by atoms with Gasteiger partial charge in [0.05, 0.1) is 5.56 Å². The van der Waals surface area contributed by atoms with E-state index < -0.39 is 49.5 Å². The zero-order valence-corrected chi connectivity index (χ0v) is 16.7. The number of hydrogen-bond acceptors (Lipinski definition) is 8. The second kappa shape index (κ2) is 7.48. The number of azo groups is 1. The highest BCUT2D eigenvalue weighted by molar-refractivity contribution is 7.86. The van der Waals surface area contributed by atoms with Gasteiger partial charge in [-0.05, 0) is 24.3 Å². The van der Waals surface area contributed by atoms with E-state index in [1.807, 2.05) is 0 Å². The molecule has 0 spiro atoms. The van der Waals surface area contributed by atoms with Gasteiger partial charge in [0.25, 0.3) is 10.1 Å². The van der Waals surface area contributed by atoms with Crippen molar-refractivity contribution in [3.05, 3.63) is 82.4 Å². The Morgan fingerprint density at radius 1 is 0.812 bits per heavy atom. The Balaban J connectivity index is 1.98. The molecule has 0 radical (unpaired) electrons. The van der Waals surface area contributed by atoms with Crippen molar-refractivity contribution in [1.29, 1.82) is 0 Å². The van der Waals surface area contributed by atoms with Gasteiger partial charge in [-0.3, -0.25) is 14.1 Å². The predicted octanol–water partition coefficient (Wildman–Crippen LogP) is 3.53. The first-order valence-corrected chi connectivity index (χ1v) is 10.3. The van der Waals surface area contributed by atoms with Crippen molar-refractivity contribution in [1.82, 2.24) is 0 Å². The quantitative estimate of drug-likeness (QED) is 0.312. The highest BCUT2D eigenvalue weighted by Gasteiger charge is 2.34. The summed E-state index contributed by atoms with van der Waals surface area (Å²) < 4.78 is 33.5. The van der Waals surface area contributed by atoms with E-state index in [2.05, 4.69) is 10.2 Å².